The summed E-state index contributed by atoms with van der Waals surface area (Å²) in [5.74, 6) is -1.38. The largest absolute Gasteiger partial charge is 0.394 e. The first-order valence-corrected chi connectivity index (χ1v) is 13.3. The first kappa shape index (κ1) is 25.0. The van der Waals surface area contributed by atoms with Crippen molar-refractivity contribution in [3.05, 3.63) is 35.9 Å². The molecule has 3 fully saturated rings. The van der Waals surface area contributed by atoms with Gasteiger partial charge in [0.25, 0.3) is 0 Å². The fourth-order valence-electron chi connectivity index (χ4n) is 6.58. The van der Waals surface area contributed by atoms with Crippen LogP contribution >= 0.6 is 11.8 Å². The van der Waals surface area contributed by atoms with Crippen molar-refractivity contribution >= 4 is 29.5 Å². The Bertz CT molecular complexity index is 928. The van der Waals surface area contributed by atoms with Crippen LogP contribution in [0.15, 0.2) is 30.3 Å². The minimum absolute atomic E-state index is 0.0137. The number of aliphatic hydroxyl groups is 1. The third-order valence-electron chi connectivity index (χ3n) is 8.01. The number of amides is 3. The van der Waals surface area contributed by atoms with Crippen LogP contribution in [0.25, 0.3) is 0 Å². The fourth-order valence-corrected chi connectivity index (χ4v) is 8.99. The van der Waals surface area contributed by atoms with Gasteiger partial charge in [-0.05, 0) is 37.7 Å². The lowest BCUT2D eigenvalue weighted by Crippen LogP contribution is -2.59. The molecule has 0 aliphatic carbocycles. The molecule has 3 aliphatic heterocycles. The summed E-state index contributed by atoms with van der Waals surface area (Å²) in [6.07, 6.45) is 3.05. The Hall–Kier alpha value is -2.06. The highest BCUT2D eigenvalue weighted by Crippen LogP contribution is 2.68. The number of nitrogens with zero attached hydrogens (tertiary/aromatic N) is 1. The third kappa shape index (κ3) is 3.92. The maximum atomic E-state index is 14.1. The third-order valence-corrected chi connectivity index (χ3v) is 10.1. The lowest BCUT2D eigenvalue weighted by molar-refractivity contribution is -0.142. The number of fused-ring (bicyclic) bond motifs is 1. The molecule has 3 N–H and O–H groups in total. The molecule has 2 bridgehead atoms. The van der Waals surface area contributed by atoms with E-state index in [4.69, 9.17) is 0 Å². The summed E-state index contributed by atoms with van der Waals surface area (Å²) in [6, 6.07) is 8.46. The van der Waals surface area contributed by atoms with Crippen molar-refractivity contribution in [3.8, 4) is 0 Å². The Kier molecular flexibility index (Phi) is 7.29. The second kappa shape index (κ2) is 9.90. The van der Waals surface area contributed by atoms with E-state index in [9.17, 15) is 19.5 Å². The van der Waals surface area contributed by atoms with Gasteiger partial charge < -0.3 is 20.6 Å². The van der Waals surface area contributed by atoms with Gasteiger partial charge in [-0.25, -0.2) is 0 Å². The van der Waals surface area contributed by atoms with Gasteiger partial charge in [-0.1, -0.05) is 50.6 Å². The first-order chi connectivity index (χ1) is 16.3. The average molecular weight is 488 g/mol. The highest BCUT2D eigenvalue weighted by Gasteiger charge is 2.76. The summed E-state index contributed by atoms with van der Waals surface area (Å²) in [7, 11) is 1.61. The minimum atomic E-state index is -0.718. The maximum Gasteiger partial charge on any atom is 0.244 e. The molecule has 0 saturated carbocycles. The van der Waals surface area contributed by atoms with Crippen molar-refractivity contribution in [1.82, 2.24) is 15.5 Å². The molecule has 186 valence electrons. The normalized spacial score (nSPS) is 33.5. The van der Waals surface area contributed by atoms with Gasteiger partial charge in [-0.2, -0.15) is 0 Å². The van der Waals surface area contributed by atoms with Crippen LogP contribution in [0.5, 0.6) is 0 Å². The number of nitrogens with one attached hydrogen (secondary N) is 2. The van der Waals surface area contributed by atoms with E-state index < -0.39 is 28.7 Å². The first-order valence-electron chi connectivity index (χ1n) is 12.5. The van der Waals surface area contributed by atoms with Gasteiger partial charge in [0.15, 0.2) is 0 Å². The summed E-state index contributed by atoms with van der Waals surface area (Å²) in [5, 5.41) is 16.4. The lowest BCUT2D eigenvalue weighted by Gasteiger charge is -2.40. The monoisotopic (exact) mass is 487 g/mol. The molecule has 0 aromatic heterocycles. The topological polar surface area (TPSA) is 98.7 Å². The van der Waals surface area contributed by atoms with Crippen molar-refractivity contribution in [1.29, 1.82) is 0 Å². The van der Waals surface area contributed by atoms with Gasteiger partial charge in [0, 0.05) is 18.3 Å². The van der Waals surface area contributed by atoms with Gasteiger partial charge in [0.2, 0.25) is 17.7 Å². The molecule has 34 heavy (non-hydrogen) atoms. The molecule has 0 radical (unpaired) electrons. The highest BCUT2D eigenvalue weighted by atomic mass is 32.2. The van der Waals surface area contributed by atoms with E-state index in [1.54, 1.807) is 23.7 Å². The molecule has 4 unspecified atom stereocenters. The number of aliphatic hydroxyl groups excluding tert-OH is 1. The molecule has 8 heteroatoms. The molecule has 8 atom stereocenters. The van der Waals surface area contributed by atoms with E-state index in [0.29, 0.717) is 6.42 Å². The second-order valence-electron chi connectivity index (χ2n) is 10.1. The zero-order valence-electron chi connectivity index (χ0n) is 20.5. The Morgan fingerprint density at radius 3 is 2.59 bits per heavy atom. The van der Waals surface area contributed by atoms with Crippen LogP contribution in [-0.4, -0.2) is 69.5 Å². The van der Waals surface area contributed by atoms with Gasteiger partial charge in [-0.15, -0.1) is 11.8 Å². The second-order valence-corrected chi connectivity index (χ2v) is 11.7. The van der Waals surface area contributed by atoms with Crippen LogP contribution in [0.4, 0.5) is 0 Å². The van der Waals surface area contributed by atoms with E-state index >= 15 is 0 Å². The number of likely N-dealkylation sites (tertiary alicyclic amines) is 1. The summed E-state index contributed by atoms with van der Waals surface area (Å²) in [4.78, 5) is 42.6. The Balaban J connectivity index is 1.76. The molecule has 1 aromatic rings. The molecule has 1 aromatic carbocycles. The molecule has 3 amide bonds. The lowest BCUT2D eigenvalue weighted by atomic mass is 9.66. The van der Waals surface area contributed by atoms with Crippen molar-refractivity contribution in [3.63, 3.8) is 0 Å². The summed E-state index contributed by atoms with van der Waals surface area (Å²) in [5.41, 5.74) is 0.996. The molecule has 4 rings (SSSR count). The SMILES string of the molecule is CCCC(C)NC(=O)C1N([C@@H](CO)Cc2ccccc2)C(=O)[C@@H]2[C@@H](C(=O)NC)[C@H]3CC(C)C12S3. The maximum absolute atomic E-state index is 14.1. The molecule has 3 saturated heterocycles. The number of hydrogen-bond donors (Lipinski definition) is 3. The molecule has 3 aliphatic rings. The summed E-state index contributed by atoms with van der Waals surface area (Å²) < 4.78 is -0.668. The predicted octanol–water partition coefficient (Wildman–Crippen LogP) is 1.98. The van der Waals surface area contributed by atoms with Crippen molar-refractivity contribution in [2.24, 2.45) is 17.8 Å². The van der Waals surface area contributed by atoms with Gasteiger partial charge in [-0.3, -0.25) is 14.4 Å². The molecule has 1 spiro atoms. The molecule has 3 heterocycles. The number of carbonyl (C=O) groups excluding carboxylic acids is 3. The number of hydrogen-bond acceptors (Lipinski definition) is 5. The predicted molar refractivity (Wildman–Crippen MR) is 133 cm³/mol. The van der Waals surface area contributed by atoms with Crippen LogP contribution in [0.3, 0.4) is 0 Å². The zero-order valence-corrected chi connectivity index (χ0v) is 21.3. The number of rotatable bonds is 9. The van der Waals surface area contributed by atoms with Gasteiger partial charge in [0.1, 0.15) is 6.04 Å². The number of benzene rings is 1. The number of thioether (sulfide) groups is 1. The quantitative estimate of drug-likeness (QED) is 0.495. The van der Waals surface area contributed by atoms with Gasteiger partial charge in [0.05, 0.1) is 29.2 Å². The van der Waals surface area contributed by atoms with Crippen LogP contribution in [-0.2, 0) is 20.8 Å². The average Bonchev–Trinajstić information content (AvgIpc) is 3.41. The Morgan fingerprint density at radius 1 is 1.26 bits per heavy atom. The Labute approximate surface area is 206 Å². The van der Waals surface area contributed by atoms with Crippen LogP contribution in [0, 0.1) is 17.8 Å². The van der Waals surface area contributed by atoms with Crippen molar-refractivity contribution in [2.45, 2.75) is 74.6 Å². The van der Waals surface area contributed by atoms with E-state index in [0.717, 1.165) is 24.8 Å². The van der Waals surface area contributed by atoms with Crippen LogP contribution < -0.4 is 10.6 Å². The zero-order chi connectivity index (χ0) is 24.6. The summed E-state index contributed by atoms with van der Waals surface area (Å²) in [6.45, 7) is 5.93. The van der Waals surface area contributed by atoms with Crippen molar-refractivity contribution < 1.29 is 19.5 Å². The van der Waals surface area contributed by atoms with Crippen LogP contribution in [0.1, 0.15) is 45.6 Å². The highest BCUT2D eigenvalue weighted by molar-refractivity contribution is 8.02. The fraction of sp³-hybridized carbons (Fsp3) is 0.654. The van der Waals surface area contributed by atoms with Crippen molar-refractivity contribution in [2.75, 3.05) is 13.7 Å². The number of carbonyl (C=O) groups is 3. The summed E-state index contributed by atoms with van der Waals surface area (Å²) >= 11 is 1.66. The minimum Gasteiger partial charge on any atom is -0.394 e. The standard InChI is InChI=1S/C26H37N3O4S/c1-5-9-16(3)28-24(32)22-26-15(2)12-19(34-26)20(23(31)27-4)21(26)25(33)29(22)18(14-30)13-17-10-7-6-8-11-17/h6-8,10-11,15-16,18-22,30H,5,9,12-14H2,1-4H3,(H,27,31)(H,28,32)/t15?,16?,18-,19-,20+,21+,22?,26?/m1/s1. The molecule has 7 nitrogen and oxygen atoms in total. The molecular weight excluding hydrogens is 450 g/mol. The van der Waals surface area contributed by atoms with Gasteiger partial charge >= 0.3 is 0 Å². The molecular formula is C26H37N3O4S. The smallest absolute Gasteiger partial charge is 0.244 e. The van der Waals surface area contributed by atoms with E-state index in [2.05, 4.69) is 24.5 Å². The van der Waals surface area contributed by atoms with Crippen LogP contribution in [0.2, 0.25) is 0 Å². The van der Waals surface area contributed by atoms with E-state index in [-0.39, 0.29) is 41.5 Å². The van der Waals surface area contributed by atoms with E-state index in [1.807, 2.05) is 37.3 Å². The van der Waals surface area contributed by atoms with E-state index in [1.165, 1.54) is 0 Å². The Morgan fingerprint density at radius 2 is 1.97 bits per heavy atom.